The summed E-state index contributed by atoms with van der Waals surface area (Å²) < 4.78 is 0. The van der Waals surface area contributed by atoms with E-state index in [9.17, 15) is 9.59 Å². The fourth-order valence-corrected chi connectivity index (χ4v) is 2.51. The number of rotatable bonds is 4. The van der Waals surface area contributed by atoms with Gasteiger partial charge in [0.1, 0.15) is 6.04 Å². The molecule has 2 aromatic carbocycles. The van der Waals surface area contributed by atoms with E-state index in [2.05, 4.69) is 10.9 Å². The van der Waals surface area contributed by atoms with E-state index in [-0.39, 0.29) is 18.2 Å². The van der Waals surface area contributed by atoms with Gasteiger partial charge in [0.15, 0.2) is 0 Å². The Morgan fingerprint density at radius 3 is 2.55 bits per heavy atom. The third-order valence-corrected chi connectivity index (χ3v) is 3.61. The summed E-state index contributed by atoms with van der Waals surface area (Å²) in [5.41, 5.74) is 7.16. The molecule has 0 aromatic heterocycles. The van der Waals surface area contributed by atoms with Crippen molar-refractivity contribution in [1.82, 2.24) is 5.43 Å². The molecule has 1 heterocycles. The zero-order valence-corrected chi connectivity index (χ0v) is 12.4. The highest BCUT2D eigenvalue weighted by Crippen LogP contribution is 2.25. The molecule has 0 radical (unpaired) electrons. The Balaban J connectivity index is 1.71. The van der Waals surface area contributed by atoms with E-state index in [4.69, 9.17) is 11.6 Å². The van der Waals surface area contributed by atoms with Gasteiger partial charge < -0.3 is 5.43 Å². The first-order valence-corrected chi connectivity index (χ1v) is 7.22. The number of benzene rings is 2. The van der Waals surface area contributed by atoms with Gasteiger partial charge in [-0.25, -0.2) is 10.3 Å². The molecular formula is C16H14ClN3O2. The van der Waals surface area contributed by atoms with Crippen LogP contribution in [0.1, 0.15) is 6.42 Å². The van der Waals surface area contributed by atoms with Gasteiger partial charge >= 0.3 is 0 Å². The standard InChI is InChI=1S/C16H14ClN3O2/c17-11-5-4-8-13(9-11)20-15(21)10-14(16(20)22)19-18-12-6-2-1-3-7-12/h1-9,14,18-19H,10H2/t14-/m1/s1. The second-order valence-electron chi connectivity index (χ2n) is 4.94. The predicted octanol–water partition coefficient (Wildman–Crippen LogP) is 2.59. The first-order valence-electron chi connectivity index (χ1n) is 6.84. The molecule has 1 fully saturated rings. The molecule has 22 heavy (non-hydrogen) atoms. The number of hydrogen-bond donors (Lipinski definition) is 2. The number of hydrogen-bond acceptors (Lipinski definition) is 4. The minimum absolute atomic E-state index is 0.102. The molecule has 2 amide bonds. The summed E-state index contributed by atoms with van der Waals surface area (Å²) in [6, 6.07) is 15.5. The van der Waals surface area contributed by atoms with E-state index in [1.807, 2.05) is 30.3 Å². The van der Waals surface area contributed by atoms with Crippen molar-refractivity contribution in [2.24, 2.45) is 0 Å². The van der Waals surface area contributed by atoms with Gasteiger partial charge in [-0.2, -0.15) is 0 Å². The van der Waals surface area contributed by atoms with E-state index < -0.39 is 6.04 Å². The molecule has 2 aromatic rings. The average Bonchev–Trinajstić information content (AvgIpc) is 2.80. The predicted molar refractivity (Wildman–Crippen MR) is 85.6 cm³/mol. The summed E-state index contributed by atoms with van der Waals surface area (Å²) in [6.45, 7) is 0. The number of nitrogens with one attached hydrogen (secondary N) is 2. The lowest BCUT2D eigenvalue weighted by Gasteiger charge is -2.16. The topological polar surface area (TPSA) is 61.4 Å². The minimum Gasteiger partial charge on any atom is -0.321 e. The van der Waals surface area contributed by atoms with Crippen molar-refractivity contribution in [3.05, 3.63) is 59.6 Å². The number of hydrazine groups is 1. The Labute approximate surface area is 132 Å². The maximum Gasteiger partial charge on any atom is 0.253 e. The molecule has 1 atom stereocenters. The van der Waals surface area contributed by atoms with Gasteiger partial charge in [-0.15, -0.1) is 0 Å². The molecule has 2 N–H and O–H groups in total. The summed E-state index contributed by atoms with van der Waals surface area (Å²) in [5, 5.41) is 0.483. The van der Waals surface area contributed by atoms with Gasteiger partial charge in [-0.3, -0.25) is 9.59 Å². The quantitative estimate of drug-likeness (QED) is 0.672. The van der Waals surface area contributed by atoms with Gasteiger partial charge in [0.2, 0.25) is 5.91 Å². The molecule has 3 rings (SSSR count). The van der Waals surface area contributed by atoms with Crippen molar-refractivity contribution in [1.29, 1.82) is 0 Å². The van der Waals surface area contributed by atoms with Crippen LogP contribution in [0.5, 0.6) is 0 Å². The fraction of sp³-hybridized carbons (Fsp3) is 0.125. The van der Waals surface area contributed by atoms with E-state index in [0.717, 1.165) is 10.6 Å². The number of carbonyl (C=O) groups excluding carboxylic acids is 2. The maximum atomic E-state index is 12.4. The van der Waals surface area contributed by atoms with Crippen LogP contribution in [0.2, 0.25) is 5.02 Å². The second-order valence-corrected chi connectivity index (χ2v) is 5.38. The first-order chi connectivity index (χ1) is 10.6. The molecule has 0 bridgehead atoms. The van der Waals surface area contributed by atoms with Crippen molar-refractivity contribution >= 4 is 34.8 Å². The molecule has 1 saturated heterocycles. The van der Waals surface area contributed by atoms with Gasteiger partial charge in [-0.1, -0.05) is 35.9 Å². The van der Waals surface area contributed by atoms with Crippen LogP contribution in [-0.4, -0.2) is 17.9 Å². The lowest BCUT2D eigenvalue weighted by atomic mass is 10.2. The monoisotopic (exact) mass is 315 g/mol. The molecule has 6 heteroatoms. The lowest BCUT2D eigenvalue weighted by Crippen LogP contribution is -2.41. The average molecular weight is 316 g/mol. The van der Waals surface area contributed by atoms with Crippen molar-refractivity contribution in [3.8, 4) is 0 Å². The van der Waals surface area contributed by atoms with Crippen LogP contribution in [0.25, 0.3) is 0 Å². The Morgan fingerprint density at radius 1 is 1.05 bits per heavy atom. The largest absolute Gasteiger partial charge is 0.321 e. The van der Waals surface area contributed by atoms with Crippen molar-refractivity contribution < 1.29 is 9.59 Å². The third-order valence-electron chi connectivity index (χ3n) is 3.38. The SMILES string of the molecule is O=C1C[C@@H](NNc2ccccc2)C(=O)N1c1cccc(Cl)c1. The molecule has 1 aliphatic rings. The molecule has 0 spiro atoms. The Hall–Kier alpha value is -2.37. The highest BCUT2D eigenvalue weighted by atomic mass is 35.5. The molecule has 1 aliphatic heterocycles. The van der Waals surface area contributed by atoms with Crippen LogP contribution in [0.15, 0.2) is 54.6 Å². The van der Waals surface area contributed by atoms with Gasteiger partial charge in [0, 0.05) is 10.7 Å². The summed E-state index contributed by atoms with van der Waals surface area (Å²) in [5.74, 6) is -0.546. The Kier molecular flexibility index (Phi) is 4.09. The third kappa shape index (κ3) is 2.95. The molecule has 5 nitrogen and oxygen atoms in total. The number of amides is 2. The summed E-state index contributed by atoms with van der Waals surface area (Å²) in [7, 11) is 0. The first kappa shape index (κ1) is 14.6. The lowest BCUT2D eigenvalue weighted by molar-refractivity contribution is -0.121. The van der Waals surface area contributed by atoms with E-state index in [0.29, 0.717) is 10.7 Å². The number of carbonyl (C=O) groups is 2. The zero-order chi connectivity index (χ0) is 15.5. The van der Waals surface area contributed by atoms with E-state index >= 15 is 0 Å². The number of nitrogens with zero attached hydrogens (tertiary/aromatic N) is 1. The van der Waals surface area contributed by atoms with Crippen LogP contribution in [0, 0.1) is 0 Å². The van der Waals surface area contributed by atoms with Crippen molar-refractivity contribution in [2.75, 3.05) is 10.3 Å². The van der Waals surface area contributed by atoms with Crippen LogP contribution in [0.3, 0.4) is 0 Å². The highest BCUT2D eigenvalue weighted by Gasteiger charge is 2.39. The van der Waals surface area contributed by atoms with E-state index in [1.54, 1.807) is 24.3 Å². The van der Waals surface area contributed by atoms with Crippen LogP contribution in [0.4, 0.5) is 11.4 Å². The van der Waals surface area contributed by atoms with Gasteiger partial charge in [-0.05, 0) is 30.3 Å². The fourth-order valence-electron chi connectivity index (χ4n) is 2.32. The normalized spacial score (nSPS) is 17.9. The smallest absolute Gasteiger partial charge is 0.253 e. The van der Waals surface area contributed by atoms with Crippen LogP contribution < -0.4 is 15.8 Å². The summed E-state index contributed by atoms with van der Waals surface area (Å²) in [4.78, 5) is 25.7. The molecule has 0 aliphatic carbocycles. The highest BCUT2D eigenvalue weighted by molar-refractivity contribution is 6.31. The second kappa shape index (κ2) is 6.17. The molecular weight excluding hydrogens is 302 g/mol. The summed E-state index contributed by atoms with van der Waals surface area (Å²) >= 11 is 5.92. The van der Waals surface area contributed by atoms with Crippen molar-refractivity contribution in [3.63, 3.8) is 0 Å². The maximum absolute atomic E-state index is 12.4. The van der Waals surface area contributed by atoms with Crippen LogP contribution in [-0.2, 0) is 9.59 Å². The number of anilines is 2. The van der Waals surface area contributed by atoms with Gasteiger partial charge in [0.05, 0.1) is 12.1 Å². The summed E-state index contributed by atoms with van der Waals surface area (Å²) in [6.07, 6.45) is 0.102. The molecule has 0 unspecified atom stereocenters. The number of para-hydroxylation sites is 1. The van der Waals surface area contributed by atoms with E-state index in [1.165, 1.54) is 0 Å². The van der Waals surface area contributed by atoms with Gasteiger partial charge in [0.25, 0.3) is 5.91 Å². The van der Waals surface area contributed by atoms with Crippen LogP contribution >= 0.6 is 11.6 Å². The minimum atomic E-state index is -0.605. The number of imide groups is 1. The molecule has 112 valence electrons. The van der Waals surface area contributed by atoms with Crippen molar-refractivity contribution in [2.45, 2.75) is 12.5 Å². The Morgan fingerprint density at radius 2 is 1.82 bits per heavy atom. The number of halogens is 1. The molecule has 0 saturated carbocycles. The Bertz CT molecular complexity index is 706. The zero-order valence-electron chi connectivity index (χ0n) is 11.6.